The van der Waals surface area contributed by atoms with E-state index in [4.69, 9.17) is 0 Å². The Morgan fingerprint density at radius 1 is 1.24 bits per heavy atom. The molecule has 0 aromatic heterocycles. The van der Waals surface area contributed by atoms with Crippen LogP contribution in [0.4, 0.5) is 18.9 Å². The van der Waals surface area contributed by atoms with Crippen LogP contribution in [0.3, 0.4) is 0 Å². The van der Waals surface area contributed by atoms with E-state index in [1.165, 1.54) is 18.2 Å². The first-order chi connectivity index (χ1) is 9.84. The first-order valence-corrected chi connectivity index (χ1v) is 6.99. The average Bonchev–Trinajstić information content (AvgIpc) is 2.42. The van der Waals surface area contributed by atoms with Gasteiger partial charge in [-0.05, 0) is 32.1 Å². The Morgan fingerprint density at radius 3 is 2.52 bits per heavy atom. The third-order valence-corrected chi connectivity index (χ3v) is 3.12. The second-order valence-corrected chi connectivity index (χ2v) is 5.00. The molecule has 1 aromatic carbocycles. The second-order valence-electron chi connectivity index (χ2n) is 5.00. The average molecular weight is 302 g/mol. The van der Waals surface area contributed by atoms with Crippen LogP contribution >= 0.6 is 0 Å². The Bertz CT molecular complexity index is 460. The molecule has 1 rings (SSSR count). The number of alkyl halides is 3. The number of nitrogens with zero attached hydrogens (tertiary/aromatic N) is 1. The number of nitrogens with one attached hydrogen (secondary N) is 1. The van der Waals surface area contributed by atoms with Crippen molar-refractivity contribution in [3.63, 3.8) is 0 Å². The molecule has 0 saturated heterocycles. The zero-order valence-corrected chi connectivity index (χ0v) is 12.3. The molecule has 0 atom stereocenters. The summed E-state index contributed by atoms with van der Waals surface area (Å²) in [7, 11) is 1.90. The molecule has 3 nitrogen and oxygen atoms in total. The van der Waals surface area contributed by atoms with Crippen LogP contribution in [0.1, 0.15) is 31.7 Å². The highest BCUT2D eigenvalue weighted by Crippen LogP contribution is 2.34. The zero-order chi connectivity index (χ0) is 15.9. The minimum Gasteiger partial charge on any atom is -0.325 e. The molecule has 118 valence electrons. The van der Waals surface area contributed by atoms with Crippen LogP contribution < -0.4 is 5.32 Å². The molecule has 0 spiro atoms. The molecule has 0 heterocycles. The Morgan fingerprint density at radius 2 is 1.90 bits per heavy atom. The predicted molar refractivity (Wildman–Crippen MR) is 77.1 cm³/mol. The minimum absolute atomic E-state index is 0.173. The van der Waals surface area contributed by atoms with Crippen molar-refractivity contribution >= 4 is 11.6 Å². The highest BCUT2D eigenvalue weighted by molar-refractivity contribution is 5.91. The Balaban J connectivity index is 2.56. The molecule has 1 amide bonds. The summed E-state index contributed by atoms with van der Waals surface area (Å²) < 4.78 is 38.4. The SMILES string of the molecule is CCCCN(C)CCC(=O)Nc1ccccc1C(F)(F)F. The summed E-state index contributed by atoms with van der Waals surface area (Å²) in [5.74, 6) is -0.407. The molecule has 0 saturated carbocycles. The van der Waals surface area contributed by atoms with Crippen LogP contribution in [0, 0.1) is 0 Å². The number of benzene rings is 1. The third kappa shape index (κ3) is 6.16. The van der Waals surface area contributed by atoms with Gasteiger partial charge in [0.15, 0.2) is 0 Å². The van der Waals surface area contributed by atoms with Crippen molar-refractivity contribution < 1.29 is 18.0 Å². The van der Waals surface area contributed by atoms with E-state index in [0.717, 1.165) is 25.5 Å². The van der Waals surface area contributed by atoms with Crippen LogP contribution in [0.15, 0.2) is 24.3 Å². The first-order valence-electron chi connectivity index (χ1n) is 6.99. The fourth-order valence-corrected chi connectivity index (χ4v) is 1.88. The van der Waals surface area contributed by atoms with E-state index in [1.54, 1.807) is 0 Å². The molecule has 0 radical (unpaired) electrons. The quantitative estimate of drug-likeness (QED) is 0.831. The molecule has 6 heteroatoms. The topological polar surface area (TPSA) is 32.3 Å². The lowest BCUT2D eigenvalue weighted by atomic mass is 10.1. The van der Waals surface area contributed by atoms with Crippen LogP contribution in [-0.2, 0) is 11.0 Å². The molecule has 0 aliphatic carbocycles. The van der Waals surface area contributed by atoms with E-state index in [1.807, 2.05) is 11.9 Å². The number of carbonyl (C=O) groups is 1. The van der Waals surface area contributed by atoms with Crippen molar-refractivity contribution in [1.82, 2.24) is 4.90 Å². The molecule has 0 aliphatic heterocycles. The summed E-state index contributed by atoms with van der Waals surface area (Å²) >= 11 is 0. The lowest BCUT2D eigenvalue weighted by Crippen LogP contribution is -2.25. The number of halogens is 3. The zero-order valence-electron chi connectivity index (χ0n) is 12.3. The van der Waals surface area contributed by atoms with E-state index < -0.39 is 17.6 Å². The van der Waals surface area contributed by atoms with Gasteiger partial charge in [-0.2, -0.15) is 13.2 Å². The summed E-state index contributed by atoms with van der Waals surface area (Å²) in [6, 6.07) is 5.00. The standard InChI is InChI=1S/C15H21F3N2O/c1-3-4-10-20(2)11-9-14(21)19-13-8-6-5-7-12(13)15(16,17)18/h5-8H,3-4,9-11H2,1-2H3,(H,19,21). The molecule has 0 bridgehead atoms. The van der Waals surface area contributed by atoms with E-state index in [2.05, 4.69) is 12.2 Å². The molecule has 21 heavy (non-hydrogen) atoms. The third-order valence-electron chi connectivity index (χ3n) is 3.12. The predicted octanol–water partition coefficient (Wildman–Crippen LogP) is 3.77. The lowest BCUT2D eigenvalue weighted by molar-refractivity contribution is -0.137. The van der Waals surface area contributed by atoms with Crippen molar-refractivity contribution in [2.45, 2.75) is 32.4 Å². The van der Waals surface area contributed by atoms with E-state index in [9.17, 15) is 18.0 Å². The molecule has 1 aromatic rings. The van der Waals surface area contributed by atoms with Crippen molar-refractivity contribution in [1.29, 1.82) is 0 Å². The van der Waals surface area contributed by atoms with Gasteiger partial charge in [0.25, 0.3) is 0 Å². The van der Waals surface area contributed by atoms with Gasteiger partial charge in [0.2, 0.25) is 5.91 Å². The second kappa shape index (κ2) is 8.02. The highest BCUT2D eigenvalue weighted by atomic mass is 19.4. The van der Waals surface area contributed by atoms with Crippen molar-refractivity contribution in [2.24, 2.45) is 0 Å². The van der Waals surface area contributed by atoms with E-state index >= 15 is 0 Å². The Kier molecular flexibility index (Phi) is 6.68. The fourth-order valence-electron chi connectivity index (χ4n) is 1.88. The molecular formula is C15H21F3N2O. The van der Waals surface area contributed by atoms with Gasteiger partial charge in [-0.3, -0.25) is 4.79 Å². The minimum atomic E-state index is -4.47. The van der Waals surface area contributed by atoms with Gasteiger partial charge in [0.05, 0.1) is 11.3 Å². The van der Waals surface area contributed by atoms with Gasteiger partial charge in [-0.25, -0.2) is 0 Å². The molecule has 0 aliphatic rings. The number of rotatable bonds is 7. The van der Waals surface area contributed by atoms with Gasteiger partial charge in [-0.1, -0.05) is 25.5 Å². The molecule has 0 fully saturated rings. The molecule has 0 unspecified atom stereocenters. The highest BCUT2D eigenvalue weighted by Gasteiger charge is 2.33. The Labute approximate surface area is 123 Å². The van der Waals surface area contributed by atoms with Crippen LogP contribution in [0.5, 0.6) is 0 Å². The van der Waals surface area contributed by atoms with Gasteiger partial charge in [-0.15, -0.1) is 0 Å². The summed E-state index contributed by atoms with van der Waals surface area (Å²) in [5, 5.41) is 2.34. The van der Waals surface area contributed by atoms with Crippen LogP contribution in [0.25, 0.3) is 0 Å². The van der Waals surface area contributed by atoms with Crippen molar-refractivity contribution in [3.8, 4) is 0 Å². The maximum Gasteiger partial charge on any atom is 0.418 e. The summed E-state index contributed by atoms with van der Waals surface area (Å²) in [4.78, 5) is 13.8. The number of hydrogen-bond donors (Lipinski definition) is 1. The smallest absolute Gasteiger partial charge is 0.325 e. The fraction of sp³-hybridized carbons (Fsp3) is 0.533. The summed E-state index contributed by atoms with van der Waals surface area (Å²) in [5.41, 5.74) is -1.01. The Hall–Kier alpha value is -1.56. The van der Waals surface area contributed by atoms with E-state index in [0.29, 0.717) is 6.54 Å². The van der Waals surface area contributed by atoms with Crippen molar-refractivity contribution in [3.05, 3.63) is 29.8 Å². The van der Waals surface area contributed by atoms with E-state index in [-0.39, 0.29) is 12.1 Å². The monoisotopic (exact) mass is 302 g/mol. The van der Waals surface area contributed by atoms with Crippen LogP contribution in [0.2, 0.25) is 0 Å². The van der Waals surface area contributed by atoms with Gasteiger partial charge < -0.3 is 10.2 Å². The number of unbranched alkanes of at least 4 members (excludes halogenated alkanes) is 1. The van der Waals surface area contributed by atoms with Gasteiger partial charge >= 0.3 is 6.18 Å². The maximum absolute atomic E-state index is 12.8. The first kappa shape index (κ1) is 17.5. The normalized spacial score (nSPS) is 11.7. The largest absolute Gasteiger partial charge is 0.418 e. The molecule has 1 N–H and O–H groups in total. The number of para-hydroxylation sites is 1. The maximum atomic E-state index is 12.8. The molecular weight excluding hydrogens is 281 g/mol. The van der Waals surface area contributed by atoms with Crippen LogP contribution in [-0.4, -0.2) is 30.9 Å². The number of anilines is 1. The lowest BCUT2D eigenvalue weighted by Gasteiger charge is -2.17. The van der Waals surface area contributed by atoms with Gasteiger partial charge in [0, 0.05) is 13.0 Å². The number of carbonyl (C=O) groups excluding carboxylic acids is 1. The summed E-state index contributed by atoms with van der Waals surface area (Å²) in [6.07, 6.45) is -2.20. The van der Waals surface area contributed by atoms with Gasteiger partial charge in [0.1, 0.15) is 0 Å². The van der Waals surface area contributed by atoms with Crippen molar-refractivity contribution in [2.75, 3.05) is 25.5 Å². The summed E-state index contributed by atoms with van der Waals surface area (Å²) in [6.45, 7) is 3.48. The number of hydrogen-bond acceptors (Lipinski definition) is 2. The number of amides is 1.